The topological polar surface area (TPSA) is 62.3 Å². The number of carbonyl (C=O) groups excluding carboxylic acids is 2. The zero-order valence-electron chi connectivity index (χ0n) is 16.2. The van der Waals surface area contributed by atoms with Gasteiger partial charge >= 0.3 is 0 Å². The number of benzene rings is 2. The minimum Gasteiger partial charge on any atom is -0.336 e. The summed E-state index contributed by atoms with van der Waals surface area (Å²) < 4.78 is 14.3. The van der Waals surface area contributed by atoms with E-state index in [0.29, 0.717) is 18.5 Å². The molecule has 1 N–H and O–H groups in total. The molecule has 0 unspecified atom stereocenters. The number of halogens is 1. The number of carbonyl (C=O) groups is 2. The highest BCUT2D eigenvalue weighted by Crippen LogP contribution is 2.30. The lowest BCUT2D eigenvalue weighted by molar-refractivity contribution is -0.115. The minimum atomic E-state index is -0.483. The number of hydrogen-bond donors (Lipinski definition) is 1. The first-order chi connectivity index (χ1) is 13.9. The number of aromatic nitrogens is 1. The van der Waals surface area contributed by atoms with Crippen molar-refractivity contribution in [3.8, 4) is 11.1 Å². The smallest absolute Gasteiger partial charge is 0.254 e. The van der Waals surface area contributed by atoms with E-state index in [-0.39, 0.29) is 17.4 Å². The van der Waals surface area contributed by atoms with Crippen LogP contribution in [0.4, 0.5) is 10.1 Å². The highest BCUT2D eigenvalue weighted by molar-refractivity contribution is 6.00. The molecule has 0 saturated carbocycles. The molecule has 2 amide bonds. The zero-order valence-corrected chi connectivity index (χ0v) is 16.2. The summed E-state index contributed by atoms with van der Waals surface area (Å²) in [4.78, 5) is 30.3. The van der Waals surface area contributed by atoms with Gasteiger partial charge < -0.3 is 10.2 Å². The summed E-state index contributed by atoms with van der Waals surface area (Å²) in [7, 11) is 1.67. The predicted octanol–water partition coefficient (Wildman–Crippen LogP) is 3.96. The van der Waals surface area contributed by atoms with Crippen LogP contribution in [0.15, 0.2) is 54.7 Å². The Labute approximate surface area is 168 Å². The van der Waals surface area contributed by atoms with Crippen molar-refractivity contribution < 1.29 is 14.0 Å². The number of anilines is 1. The van der Waals surface area contributed by atoms with E-state index in [9.17, 15) is 14.0 Å². The van der Waals surface area contributed by atoms with Gasteiger partial charge in [0.2, 0.25) is 5.91 Å². The Morgan fingerprint density at radius 1 is 1.17 bits per heavy atom. The van der Waals surface area contributed by atoms with E-state index < -0.39 is 5.82 Å². The van der Waals surface area contributed by atoms with Crippen molar-refractivity contribution in [3.63, 3.8) is 0 Å². The average Bonchev–Trinajstić information content (AvgIpc) is 3.07. The predicted molar refractivity (Wildman–Crippen MR) is 109 cm³/mol. The third kappa shape index (κ3) is 3.87. The van der Waals surface area contributed by atoms with Gasteiger partial charge in [-0.15, -0.1) is 0 Å². The quantitative estimate of drug-likeness (QED) is 0.735. The van der Waals surface area contributed by atoms with Crippen molar-refractivity contribution in [3.05, 3.63) is 82.9 Å². The SMILES string of the molecule is Cc1cccnc1CN(C)C(=O)c1cc(F)cc(-c2ccc3c(c2)CC(=O)N3)c1. The summed E-state index contributed by atoms with van der Waals surface area (Å²) in [5.41, 5.74) is 5.06. The normalized spacial score (nSPS) is 12.4. The molecule has 146 valence electrons. The fourth-order valence-electron chi connectivity index (χ4n) is 3.49. The summed E-state index contributed by atoms with van der Waals surface area (Å²) in [5, 5.41) is 2.78. The summed E-state index contributed by atoms with van der Waals surface area (Å²) in [6.45, 7) is 2.28. The lowest BCUT2D eigenvalue weighted by Crippen LogP contribution is -2.27. The van der Waals surface area contributed by atoms with Gasteiger partial charge in [0.25, 0.3) is 5.91 Å². The first-order valence-corrected chi connectivity index (χ1v) is 9.30. The molecule has 29 heavy (non-hydrogen) atoms. The van der Waals surface area contributed by atoms with Gasteiger partial charge in [-0.05, 0) is 65.6 Å². The van der Waals surface area contributed by atoms with E-state index in [0.717, 1.165) is 28.1 Å². The van der Waals surface area contributed by atoms with Crippen molar-refractivity contribution >= 4 is 17.5 Å². The summed E-state index contributed by atoms with van der Waals surface area (Å²) in [6, 6.07) is 13.6. The molecule has 1 aliphatic rings. The van der Waals surface area contributed by atoms with Crippen molar-refractivity contribution in [1.82, 2.24) is 9.88 Å². The Balaban J connectivity index is 1.61. The Morgan fingerprint density at radius 3 is 2.79 bits per heavy atom. The minimum absolute atomic E-state index is 0.0568. The van der Waals surface area contributed by atoms with Crippen LogP contribution in [0.25, 0.3) is 11.1 Å². The monoisotopic (exact) mass is 389 g/mol. The zero-order chi connectivity index (χ0) is 20.5. The summed E-state index contributed by atoms with van der Waals surface area (Å²) in [6.07, 6.45) is 1.99. The molecule has 1 aromatic heterocycles. The van der Waals surface area contributed by atoms with Crippen LogP contribution in [0.2, 0.25) is 0 Å². The summed E-state index contributed by atoms with van der Waals surface area (Å²) in [5.74, 6) is -0.824. The van der Waals surface area contributed by atoms with Gasteiger partial charge in [0.1, 0.15) is 5.82 Å². The van der Waals surface area contributed by atoms with Crippen LogP contribution in [0.5, 0.6) is 0 Å². The first-order valence-electron chi connectivity index (χ1n) is 9.30. The van der Waals surface area contributed by atoms with Crippen molar-refractivity contribution in [1.29, 1.82) is 0 Å². The van der Waals surface area contributed by atoms with Gasteiger partial charge in [0, 0.05) is 24.5 Å². The molecule has 0 radical (unpaired) electrons. The third-order valence-corrected chi connectivity index (χ3v) is 5.06. The van der Waals surface area contributed by atoms with Crippen LogP contribution in [-0.4, -0.2) is 28.7 Å². The Hall–Kier alpha value is -3.54. The first kappa shape index (κ1) is 18.8. The second-order valence-corrected chi connectivity index (χ2v) is 7.25. The fourth-order valence-corrected chi connectivity index (χ4v) is 3.49. The maximum atomic E-state index is 14.3. The molecule has 5 nitrogen and oxygen atoms in total. The molecule has 0 aliphatic carbocycles. The lowest BCUT2D eigenvalue weighted by Gasteiger charge is -2.18. The van der Waals surface area contributed by atoms with Gasteiger partial charge in [-0.2, -0.15) is 0 Å². The highest BCUT2D eigenvalue weighted by atomic mass is 19.1. The molecule has 4 rings (SSSR count). The molecule has 0 fully saturated rings. The number of aryl methyl sites for hydroxylation is 1. The van der Waals surface area contributed by atoms with Crippen LogP contribution in [-0.2, 0) is 17.8 Å². The second kappa shape index (κ2) is 7.47. The lowest BCUT2D eigenvalue weighted by atomic mass is 9.99. The van der Waals surface area contributed by atoms with Gasteiger partial charge in [-0.1, -0.05) is 12.1 Å². The maximum Gasteiger partial charge on any atom is 0.254 e. The molecule has 3 aromatic rings. The van der Waals surface area contributed by atoms with Crippen LogP contribution in [0.1, 0.15) is 27.2 Å². The van der Waals surface area contributed by atoms with Gasteiger partial charge in [0.15, 0.2) is 0 Å². The van der Waals surface area contributed by atoms with E-state index in [1.807, 2.05) is 31.2 Å². The number of pyridine rings is 1. The molecular weight excluding hydrogens is 369 g/mol. The highest BCUT2D eigenvalue weighted by Gasteiger charge is 2.19. The van der Waals surface area contributed by atoms with Crippen molar-refractivity contribution in [2.24, 2.45) is 0 Å². The van der Waals surface area contributed by atoms with Gasteiger partial charge in [0.05, 0.1) is 18.7 Å². The van der Waals surface area contributed by atoms with Crippen molar-refractivity contribution in [2.75, 3.05) is 12.4 Å². The van der Waals surface area contributed by atoms with E-state index in [1.165, 1.54) is 17.0 Å². The number of amides is 2. The summed E-state index contributed by atoms with van der Waals surface area (Å²) >= 11 is 0. The molecular formula is C23H20FN3O2. The van der Waals surface area contributed by atoms with E-state index in [4.69, 9.17) is 0 Å². The second-order valence-electron chi connectivity index (χ2n) is 7.25. The fraction of sp³-hybridized carbons (Fsp3) is 0.174. The number of nitrogens with one attached hydrogen (secondary N) is 1. The number of rotatable bonds is 4. The number of nitrogens with zero attached hydrogens (tertiary/aromatic N) is 2. The molecule has 2 aromatic carbocycles. The number of hydrogen-bond acceptors (Lipinski definition) is 3. The standard InChI is InChI=1S/C23H20FN3O2/c1-14-4-3-7-25-21(14)13-27(2)23(29)18-9-16(10-19(24)11-18)15-5-6-20-17(8-15)12-22(28)26-20/h3-11H,12-13H2,1-2H3,(H,26,28). The molecule has 0 spiro atoms. The van der Waals surface area contributed by atoms with E-state index in [2.05, 4.69) is 10.3 Å². The Kier molecular flexibility index (Phi) is 4.84. The van der Waals surface area contributed by atoms with Crippen LogP contribution in [0, 0.1) is 12.7 Å². The van der Waals surface area contributed by atoms with E-state index in [1.54, 1.807) is 25.4 Å². The molecule has 2 heterocycles. The van der Waals surface area contributed by atoms with Crippen molar-refractivity contribution in [2.45, 2.75) is 19.9 Å². The largest absolute Gasteiger partial charge is 0.336 e. The van der Waals surface area contributed by atoms with E-state index >= 15 is 0 Å². The van der Waals surface area contributed by atoms with Crippen LogP contribution >= 0.6 is 0 Å². The maximum absolute atomic E-state index is 14.3. The molecule has 0 bridgehead atoms. The number of fused-ring (bicyclic) bond motifs is 1. The Bertz CT molecular complexity index is 1130. The van der Waals surface area contributed by atoms with Gasteiger partial charge in [-0.3, -0.25) is 14.6 Å². The average molecular weight is 389 g/mol. The Morgan fingerprint density at radius 2 is 2.00 bits per heavy atom. The third-order valence-electron chi connectivity index (χ3n) is 5.06. The van der Waals surface area contributed by atoms with Crippen LogP contribution in [0.3, 0.4) is 0 Å². The molecule has 6 heteroatoms. The van der Waals surface area contributed by atoms with Crippen LogP contribution < -0.4 is 5.32 Å². The van der Waals surface area contributed by atoms with Gasteiger partial charge in [-0.25, -0.2) is 4.39 Å². The molecule has 0 atom stereocenters. The molecule has 1 aliphatic heterocycles. The molecule has 0 saturated heterocycles.